The second-order valence-corrected chi connectivity index (χ2v) is 5.88. The first-order chi connectivity index (χ1) is 8.31. The lowest BCUT2D eigenvalue weighted by atomic mass is 10.1. The minimum Gasteiger partial charge on any atom is -0.444 e. The van der Waals surface area contributed by atoms with Crippen molar-refractivity contribution in [1.29, 1.82) is 0 Å². The van der Waals surface area contributed by atoms with E-state index < -0.39 is 11.7 Å². The molecular weight excluding hydrogens is 256 g/mol. The number of carbonyl (C=O) groups is 2. The SMILES string of the molecule is BNPOC(=O)NC1CN(C(=O)OC(C)(C)C)C1. The highest BCUT2D eigenvalue weighted by molar-refractivity contribution is 7.32. The molecule has 0 aliphatic carbocycles. The molecule has 0 bridgehead atoms. The Morgan fingerprint density at radius 2 is 2.00 bits per heavy atom. The highest BCUT2D eigenvalue weighted by atomic mass is 31.1. The molecule has 2 amide bonds. The molecule has 1 heterocycles. The van der Waals surface area contributed by atoms with E-state index in [4.69, 9.17) is 9.26 Å². The normalized spacial score (nSPS) is 16.5. The molecule has 0 aromatic rings. The topological polar surface area (TPSA) is 79.9 Å². The number of nitrogens with zero attached hydrogens (tertiary/aromatic N) is 1. The molecule has 0 saturated carbocycles. The van der Waals surface area contributed by atoms with Crippen LogP contribution >= 0.6 is 8.96 Å². The first kappa shape index (κ1) is 15.1. The maximum atomic E-state index is 11.6. The van der Waals surface area contributed by atoms with Crippen LogP contribution in [0.4, 0.5) is 9.59 Å². The van der Waals surface area contributed by atoms with E-state index in [1.54, 1.807) is 7.98 Å². The van der Waals surface area contributed by atoms with E-state index in [-0.39, 0.29) is 21.1 Å². The number of rotatable bonds is 3. The Morgan fingerprint density at radius 3 is 2.50 bits per heavy atom. The molecule has 0 radical (unpaired) electrons. The minimum atomic E-state index is -0.498. The highest BCUT2D eigenvalue weighted by Crippen LogP contribution is 2.15. The Balaban J connectivity index is 2.19. The molecule has 0 aromatic heterocycles. The smallest absolute Gasteiger partial charge is 0.411 e. The molecule has 1 aliphatic rings. The van der Waals surface area contributed by atoms with Gasteiger partial charge >= 0.3 is 12.2 Å². The van der Waals surface area contributed by atoms with Crippen LogP contribution in [-0.2, 0) is 9.26 Å². The molecule has 0 aromatic carbocycles. The van der Waals surface area contributed by atoms with E-state index in [9.17, 15) is 9.59 Å². The van der Waals surface area contributed by atoms with E-state index in [1.165, 1.54) is 4.90 Å². The van der Waals surface area contributed by atoms with Crippen LogP contribution in [0.5, 0.6) is 0 Å². The zero-order valence-electron chi connectivity index (χ0n) is 11.1. The number of nitrogens with one attached hydrogen (secondary N) is 2. The number of hydrogen-bond acceptors (Lipinski definition) is 5. The van der Waals surface area contributed by atoms with Crippen molar-refractivity contribution in [3.05, 3.63) is 0 Å². The molecule has 1 aliphatic heterocycles. The lowest BCUT2D eigenvalue weighted by molar-refractivity contribution is 0.00576. The quantitative estimate of drug-likeness (QED) is 0.559. The Morgan fingerprint density at radius 1 is 1.39 bits per heavy atom. The van der Waals surface area contributed by atoms with Crippen molar-refractivity contribution < 1.29 is 18.8 Å². The summed E-state index contributed by atoms with van der Waals surface area (Å²) in [6.07, 6.45) is -0.831. The molecule has 7 nitrogen and oxygen atoms in total. The van der Waals surface area contributed by atoms with Crippen LogP contribution in [0.25, 0.3) is 0 Å². The van der Waals surface area contributed by atoms with Gasteiger partial charge in [0.1, 0.15) is 14.6 Å². The van der Waals surface area contributed by atoms with Crippen molar-refractivity contribution in [2.24, 2.45) is 0 Å². The van der Waals surface area contributed by atoms with E-state index in [1.807, 2.05) is 20.8 Å². The van der Waals surface area contributed by atoms with Gasteiger partial charge in [-0.3, -0.25) is 0 Å². The van der Waals surface area contributed by atoms with Crippen LogP contribution in [0.15, 0.2) is 0 Å². The number of likely N-dealkylation sites (tertiary alicyclic amines) is 1. The lowest BCUT2D eigenvalue weighted by Gasteiger charge is -2.39. The summed E-state index contributed by atoms with van der Waals surface area (Å²) >= 11 is 0. The van der Waals surface area contributed by atoms with Gasteiger partial charge in [-0.05, 0) is 20.8 Å². The fourth-order valence-corrected chi connectivity index (χ4v) is 1.59. The predicted molar refractivity (Wildman–Crippen MR) is 71.2 cm³/mol. The van der Waals surface area contributed by atoms with Gasteiger partial charge in [0.05, 0.1) is 6.04 Å². The summed E-state index contributed by atoms with van der Waals surface area (Å²) in [5.41, 5.74) is -0.498. The standard InChI is InChI=1S/C9H19BN3O4P/c1-9(2,3)16-8(15)13-4-6(5-13)11-7(14)17-18-12-10/h6,12,18H,4-5,10H2,1-3H3,(H,11,14). The monoisotopic (exact) mass is 275 g/mol. The zero-order chi connectivity index (χ0) is 13.8. The Hall–Kier alpha value is -1.01. The van der Waals surface area contributed by atoms with Crippen LogP contribution in [0.3, 0.4) is 0 Å². The van der Waals surface area contributed by atoms with Crippen LogP contribution < -0.4 is 10.3 Å². The Kier molecular flexibility index (Phi) is 5.22. The summed E-state index contributed by atoms with van der Waals surface area (Å²) < 4.78 is 10.0. The summed E-state index contributed by atoms with van der Waals surface area (Å²) in [5.74, 6) is 0. The van der Waals surface area contributed by atoms with Crippen LogP contribution in [0.1, 0.15) is 20.8 Å². The lowest BCUT2D eigenvalue weighted by Crippen LogP contribution is -2.61. The first-order valence-electron chi connectivity index (χ1n) is 5.69. The Labute approximate surface area is 109 Å². The molecule has 1 rings (SSSR count). The highest BCUT2D eigenvalue weighted by Gasteiger charge is 2.34. The van der Waals surface area contributed by atoms with Gasteiger partial charge in [0.2, 0.25) is 0 Å². The summed E-state index contributed by atoms with van der Waals surface area (Å²) in [4.78, 5) is 27.1. The second-order valence-electron chi connectivity index (χ2n) is 4.97. The molecule has 102 valence electrons. The third-order valence-electron chi connectivity index (χ3n) is 2.10. The van der Waals surface area contributed by atoms with Gasteiger partial charge in [-0.25, -0.2) is 9.59 Å². The number of carbonyl (C=O) groups excluding carboxylic acids is 2. The predicted octanol–water partition coefficient (Wildman–Crippen LogP) is -0.0219. The van der Waals surface area contributed by atoms with Gasteiger partial charge in [0.25, 0.3) is 0 Å². The molecule has 1 fully saturated rings. The van der Waals surface area contributed by atoms with Crippen molar-refractivity contribution in [2.75, 3.05) is 13.1 Å². The Bertz CT molecular complexity index is 317. The number of hydrogen-bond donors (Lipinski definition) is 2. The molecule has 9 heteroatoms. The molecule has 18 heavy (non-hydrogen) atoms. The summed E-state index contributed by atoms with van der Waals surface area (Å²) in [5, 5.41) is 2.66. The third kappa shape index (κ3) is 5.10. The van der Waals surface area contributed by atoms with Gasteiger partial charge in [-0.1, -0.05) is 0 Å². The van der Waals surface area contributed by atoms with Gasteiger partial charge in [0.15, 0.2) is 7.98 Å². The van der Waals surface area contributed by atoms with Crippen molar-refractivity contribution in [3.63, 3.8) is 0 Å². The van der Waals surface area contributed by atoms with E-state index in [0.29, 0.717) is 13.1 Å². The fourth-order valence-electron chi connectivity index (χ4n) is 1.34. The summed E-state index contributed by atoms with van der Waals surface area (Å²) in [6.45, 7) is 6.35. The largest absolute Gasteiger partial charge is 0.444 e. The molecule has 2 N–H and O–H groups in total. The van der Waals surface area contributed by atoms with Crippen LogP contribution in [-0.4, -0.2) is 49.8 Å². The van der Waals surface area contributed by atoms with E-state index in [2.05, 4.69) is 10.3 Å². The van der Waals surface area contributed by atoms with Crippen LogP contribution in [0.2, 0.25) is 0 Å². The van der Waals surface area contributed by atoms with E-state index >= 15 is 0 Å². The zero-order valence-corrected chi connectivity index (χ0v) is 12.1. The maximum absolute atomic E-state index is 11.6. The fraction of sp³-hybridized carbons (Fsp3) is 0.778. The summed E-state index contributed by atoms with van der Waals surface area (Å²) in [6, 6.07) is -0.0633. The van der Waals surface area contributed by atoms with Gasteiger partial charge in [-0.15, -0.1) is 0 Å². The van der Waals surface area contributed by atoms with E-state index in [0.717, 1.165) is 0 Å². The summed E-state index contributed by atoms with van der Waals surface area (Å²) in [7, 11) is 1.63. The van der Waals surface area contributed by atoms with Crippen LogP contribution in [0, 0.1) is 0 Å². The van der Waals surface area contributed by atoms with Gasteiger partial charge < -0.3 is 24.5 Å². The molecular formula is C9H19BN3O4P. The average molecular weight is 275 g/mol. The van der Waals surface area contributed by atoms with Gasteiger partial charge in [-0.2, -0.15) is 0 Å². The minimum absolute atomic E-state index is 0.0633. The molecule has 1 unspecified atom stereocenters. The van der Waals surface area contributed by atoms with Crippen molar-refractivity contribution in [1.82, 2.24) is 15.2 Å². The maximum Gasteiger partial charge on any atom is 0.411 e. The van der Waals surface area contributed by atoms with Gasteiger partial charge in [0, 0.05) is 13.1 Å². The van der Waals surface area contributed by atoms with Crippen molar-refractivity contribution in [3.8, 4) is 0 Å². The molecule has 1 atom stereocenters. The first-order valence-corrected chi connectivity index (χ1v) is 6.59. The number of amides is 2. The molecule has 1 saturated heterocycles. The average Bonchev–Trinajstić information content (AvgIpc) is 2.16. The van der Waals surface area contributed by atoms with Crippen molar-refractivity contribution >= 4 is 29.1 Å². The number of ether oxygens (including phenoxy) is 1. The molecule has 0 spiro atoms. The second kappa shape index (κ2) is 6.25. The van der Waals surface area contributed by atoms with Crippen molar-refractivity contribution in [2.45, 2.75) is 32.4 Å². The third-order valence-corrected chi connectivity index (χ3v) is 2.59.